The number of aliphatic imine (C=N–C) groups is 1. The number of hydrogen-bond donors (Lipinski definition) is 0. The lowest BCUT2D eigenvalue weighted by molar-refractivity contribution is -0.137. The molecule has 0 aliphatic carbocycles. The summed E-state index contributed by atoms with van der Waals surface area (Å²) in [7, 11) is 0. The molecule has 3 aromatic carbocycles. The molecule has 0 radical (unpaired) electrons. The van der Waals surface area contributed by atoms with E-state index in [1.165, 1.54) is 12.1 Å². The zero-order chi connectivity index (χ0) is 20.6. The minimum atomic E-state index is -4.38. The number of halogens is 5. The van der Waals surface area contributed by atoms with Gasteiger partial charge in [0, 0.05) is 6.07 Å². The summed E-state index contributed by atoms with van der Waals surface area (Å²) in [5.41, 5.74) is 1.03. The molecular formula is C22H12F5NO. The number of hydrogen-bond acceptors (Lipinski definition) is 2. The predicted molar refractivity (Wildman–Crippen MR) is 96.1 cm³/mol. The van der Waals surface area contributed by atoms with Gasteiger partial charge in [-0.25, -0.2) is 9.38 Å². The maximum Gasteiger partial charge on any atom is 0.416 e. The molecular weight excluding hydrogens is 389 g/mol. The Bertz CT molecular complexity index is 1040. The van der Waals surface area contributed by atoms with E-state index in [1.54, 1.807) is 24.3 Å². The van der Waals surface area contributed by atoms with Crippen LogP contribution in [0.3, 0.4) is 0 Å². The van der Waals surface area contributed by atoms with Crippen molar-refractivity contribution in [2.24, 2.45) is 4.99 Å². The highest BCUT2D eigenvalue weighted by atomic mass is 19.4. The van der Waals surface area contributed by atoms with E-state index in [9.17, 15) is 22.0 Å². The van der Waals surface area contributed by atoms with Crippen LogP contribution in [0.15, 0.2) is 59.6 Å². The molecule has 146 valence electrons. The van der Waals surface area contributed by atoms with Crippen molar-refractivity contribution in [1.82, 2.24) is 0 Å². The smallest absolute Gasteiger partial charge is 0.416 e. The molecule has 0 spiro atoms. The first-order valence-electron chi connectivity index (χ1n) is 8.59. The van der Waals surface area contributed by atoms with E-state index >= 15 is 0 Å². The van der Waals surface area contributed by atoms with Crippen LogP contribution >= 0.6 is 0 Å². The zero-order valence-electron chi connectivity index (χ0n) is 14.7. The Morgan fingerprint density at radius 1 is 0.931 bits per heavy atom. The van der Waals surface area contributed by atoms with Gasteiger partial charge in [0.25, 0.3) is 0 Å². The summed E-state index contributed by atoms with van der Waals surface area (Å²) in [4.78, 5) is 4.25. The highest BCUT2D eigenvalue weighted by molar-refractivity contribution is 5.95. The van der Waals surface area contributed by atoms with Crippen molar-refractivity contribution in [1.29, 1.82) is 0 Å². The minimum Gasteiger partial charge on any atom is -0.475 e. The van der Waals surface area contributed by atoms with Crippen molar-refractivity contribution in [2.45, 2.75) is 12.2 Å². The fourth-order valence-electron chi connectivity index (χ4n) is 3.03. The van der Waals surface area contributed by atoms with Gasteiger partial charge in [0.1, 0.15) is 24.0 Å². The van der Waals surface area contributed by atoms with E-state index < -0.39 is 29.4 Å². The molecule has 0 saturated carbocycles. The van der Waals surface area contributed by atoms with Crippen molar-refractivity contribution >= 4 is 5.90 Å². The average molecular weight is 401 g/mol. The van der Waals surface area contributed by atoms with Crippen LogP contribution in [-0.2, 0) is 10.9 Å². The topological polar surface area (TPSA) is 21.6 Å². The second-order valence-corrected chi connectivity index (χ2v) is 6.41. The molecule has 0 fully saturated rings. The second-order valence-electron chi connectivity index (χ2n) is 6.41. The fourth-order valence-corrected chi connectivity index (χ4v) is 3.03. The van der Waals surface area contributed by atoms with Crippen LogP contribution in [-0.4, -0.2) is 12.5 Å². The number of ether oxygens (including phenoxy) is 1. The summed E-state index contributed by atoms with van der Waals surface area (Å²) in [5, 5.41) is 0. The maximum atomic E-state index is 13.9. The normalized spacial score (nSPS) is 16.2. The third kappa shape index (κ3) is 3.79. The van der Waals surface area contributed by atoms with E-state index in [4.69, 9.17) is 4.74 Å². The van der Waals surface area contributed by atoms with Gasteiger partial charge in [0.05, 0.1) is 5.56 Å². The SMILES string of the molecule is Fc1c#ccc(F)c1C1=NC(c2ccc(-c3ccc(C(F)(F)F)cc3)cc2)CO1. The van der Waals surface area contributed by atoms with Crippen LogP contribution in [0.4, 0.5) is 22.0 Å². The van der Waals surface area contributed by atoms with Gasteiger partial charge in [-0.1, -0.05) is 42.5 Å². The lowest BCUT2D eigenvalue weighted by atomic mass is 10.0. The third-order valence-corrected chi connectivity index (χ3v) is 4.55. The van der Waals surface area contributed by atoms with Crippen LogP contribution in [0.25, 0.3) is 11.1 Å². The van der Waals surface area contributed by atoms with Gasteiger partial charge in [-0.2, -0.15) is 17.6 Å². The van der Waals surface area contributed by atoms with Crippen molar-refractivity contribution in [3.05, 3.63) is 95.1 Å². The summed E-state index contributed by atoms with van der Waals surface area (Å²) in [6, 6.07) is 16.7. The van der Waals surface area contributed by atoms with Crippen molar-refractivity contribution in [2.75, 3.05) is 6.61 Å². The van der Waals surface area contributed by atoms with Crippen LogP contribution in [0.5, 0.6) is 0 Å². The zero-order valence-corrected chi connectivity index (χ0v) is 14.7. The molecule has 0 amide bonds. The van der Waals surface area contributed by atoms with E-state index in [-0.39, 0.29) is 18.1 Å². The summed E-state index contributed by atoms with van der Waals surface area (Å²) in [5.74, 6) is -1.90. The molecule has 1 aliphatic heterocycles. The maximum absolute atomic E-state index is 13.9. The molecule has 1 unspecified atom stereocenters. The first-order valence-corrected chi connectivity index (χ1v) is 8.59. The molecule has 2 nitrogen and oxygen atoms in total. The summed E-state index contributed by atoms with van der Waals surface area (Å²) in [6.45, 7) is 0.118. The number of benzene rings is 2. The Balaban J connectivity index is 1.55. The summed E-state index contributed by atoms with van der Waals surface area (Å²) < 4.78 is 71.1. The molecule has 1 heterocycles. The molecule has 0 bridgehead atoms. The van der Waals surface area contributed by atoms with E-state index in [0.717, 1.165) is 29.3 Å². The minimum absolute atomic E-state index is 0.118. The van der Waals surface area contributed by atoms with Gasteiger partial charge in [-0.05, 0) is 34.9 Å². The molecule has 1 atom stereocenters. The fraction of sp³-hybridized carbons (Fsp3) is 0.136. The van der Waals surface area contributed by atoms with Crippen LogP contribution in [0.2, 0.25) is 0 Å². The van der Waals surface area contributed by atoms with E-state index in [0.29, 0.717) is 5.56 Å². The number of nitrogens with zero attached hydrogens (tertiary/aromatic N) is 1. The Labute approximate surface area is 163 Å². The lowest BCUT2D eigenvalue weighted by Crippen LogP contribution is -2.06. The molecule has 3 aromatic rings. The van der Waals surface area contributed by atoms with Gasteiger partial charge < -0.3 is 4.74 Å². The quantitative estimate of drug-likeness (QED) is 0.511. The lowest BCUT2D eigenvalue weighted by Gasteiger charge is -2.09. The molecule has 0 aromatic heterocycles. The van der Waals surface area contributed by atoms with E-state index in [1.807, 2.05) is 0 Å². The molecule has 7 heteroatoms. The summed E-state index contributed by atoms with van der Waals surface area (Å²) >= 11 is 0. The largest absolute Gasteiger partial charge is 0.475 e. The highest BCUT2D eigenvalue weighted by Gasteiger charge is 2.30. The van der Waals surface area contributed by atoms with Crippen LogP contribution in [0.1, 0.15) is 22.7 Å². The number of alkyl halides is 3. The first-order chi connectivity index (χ1) is 13.8. The average Bonchev–Trinajstić information content (AvgIpc) is 3.17. The Morgan fingerprint density at radius 2 is 1.55 bits per heavy atom. The van der Waals surface area contributed by atoms with Gasteiger partial charge in [-0.3, -0.25) is 0 Å². The van der Waals surface area contributed by atoms with Crippen molar-refractivity contribution in [3.63, 3.8) is 0 Å². The molecule has 29 heavy (non-hydrogen) atoms. The van der Waals surface area contributed by atoms with Gasteiger partial charge in [0.2, 0.25) is 5.90 Å². The van der Waals surface area contributed by atoms with Gasteiger partial charge in [-0.15, -0.1) is 0 Å². The highest BCUT2D eigenvalue weighted by Crippen LogP contribution is 2.32. The molecule has 4 rings (SSSR count). The Morgan fingerprint density at radius 3 is 2.14 bits per heavy atom. The van der Waals surface area contributed by atoms with Crippen molar-refractivity contribution < 1.29 is 26.7 Å². The molecule has 0 saturated heterocycles. The Hall–Kier alpha value is -3.40. The van der Waals surface area contributed by atoms with Crippen LogP contribution < -0.4 is 0 Å². The molecule has 1 aliphatic rings. The number of rotatable bonds is 3. The Kier molecular flexibility index (Phi) is 4.71. The van der Waals surface area contributed by atoms with Gasteiger partial charge in [0.15, 0.2) is 5.82 Å². The van der Waals surface area contributed by atoms with Crippen molar-refractivity contribution in [3.8, 4) is 11.1 Å². The molecule has 0 N–H and O–H groups in total. The van der Waals surface area contributed by atoms with E-state index in [2.05, 4.69) is 17.1 Å². The summed E-state index contributed by atoms with van der Waals surface area (Å²) in [6.07, 6.45) is -4.38. The monoisotopic (exact) mass is 401 g/mol. The van der Waals surface area contributed by atoms with Crippen LogP contribution in [0, 0.1) is 23.8 Å². The third-order valence-electron chi connectivity index (χ3n) is 4.55. The first kappa shape index (κ1) is 18.9. The van der Waals surface area contributed by atoms with Gasteiger partial charge >= 0.3 is 6.18 Å². The standard InChI is InChI=1S/C22H12F5NO/c23-17-2-1-3-18(24)20(17)21-28-19(12-29-21)15-6-4-13(5-7-15)14-8-10-16(11-9-14)22(25,26)27/h2,4-11,19H,12H2. The predicted octanol–water partition coefficient (Wildman–Crippen LogP) is 5.77. The second kappa shape index (κ2) is 7.21.